The summed E-state index contributed by atoms with van der Waals surface area (Å²) in [6.07, 6.45) is 1.23. The number of nitrogens with two attached hydrogens (primary N) is 1. The zero-order valence-corrected chi connectivity index (χ0v) is 13.3. The van der Waals surface area contributed by atoms with Crippen molar-refractivity contribution in [3.8, 4) is 0 Å². The number of nitrogens with zero attached hydrogens (tertiary/aromatic N) is 1. The summed E-state index contributed by atoms with van der Waals surface area (Å²) < 4.78 is 24.4. The Morgan fingerprint density at radius 2 is 1.83 bits per heavy atom. The third-order valence-electron chi connectivity index (χ3n) is 3.82. The monoisotopic (exact) mass is 336 g/mol. The van der Waals surface area contributed by atoms with Crippen molar-refractivity contribution >= 4 is 19.2 Å². The van der Waals surface area contributed by atoms with E-state index in [-0.39, 0.29) is 23.7 Å². The number of ether oxygens (including phenoxy) is 1. The number of hydrogen-bond acceptors (Lipinski definition) is 5. The summed E-state index contributed by atoms with van der Waals surface area (Å²) in [5, 5.41) is 0. The Hall–Kier alpha value is -1.63. The summed E-state index contributed by atoms with van der Waals surface area (Å²) in [5.74, 6) is -0.570. The van der Waals surface area contributed by atoms with Gasteiger partial charge in [-0.3, -0.25) is 14.2 Å². The molecule has 7 nitrogen and oxygen atoms in total. The molecule has 1 atom stereocenters. The Bertz CT molecular complexity index is 724. The van der Waals surface area contributed by atoms with Crippen LogP contribution in [0.15, 0.2) is 35.9 Å². The van der Waals surface area contributed by atoms with Crippen LogP contribution in [0.1, 0.15) is 20.7 Å². The van der Waals surface area contributed by atoms with E-state index in [0.717, 1.165) is 0 Å². The molecule has 1 fully saturated rings. The highest BCUT2D eigenvalue weighted by Crippen LogP contribution is 2.43. The second kappa shape index (κ2) is 6.47. The van der Waals surface area contributed by atoms with Gasteiger partial charge in [-0.1, -0.05) is 24.3 Å². The first-order valence-electron chi connectivity index (χ1n) is 7.24. The van der Waals surface area contributed by atoms with E-state index in [1.807, 2.05) is 0 Å². The molecule has 0 saturated carbocycles. The largest absolute Gasteiger partial charge is 0.379 e. The predicted molar refractivity (Wildman–Crippen MR) is 83.3 cm³/mol. The topological polar surface area (TPSA) is 98.9 Å². The van der Waals surface area contributed by atoms with E-state index in [4.69, 9.17) is 14.8 Å². The van der Waals surface area contributed by atoms with Gasteiger partial charge >= 0.3 is 7.67 Å². The number of carbonyl (C=O) groups is 2. The molecule has 8 heteroatoms. The van der Waals surface area contributed by atoms with Crippen molar-refractivity contribution in [3.05, 3.63) is 47.0 Å². The van der Waals surface area contributed by atoms with E-state index in [1.165, 1.54) is 10.7 Å². The van der Waals surface area contributed by atoms with E-state index < -0.39 is 7.67 Å². The van der Waals surface area contributed by atoms with Crippen LogP contribution in [0, 0.1) is 0 Å². The maximum absolute atomic E-state index is 12.4. The smallest absolute Gasteiger partial charge is 0.341 e. The van der Waals surface area contributed by atoms with Gasteiger partial charge in [-0.15, -0.1) is 0 Å². The summed E-state index contributed by atoms with van der Waals surface area (Å²) in [4.78, 5) is 24.4. The van der Waals surface area contributed by atoms with Crippen LogP contribution in [0.25, 0.3) is 0 Å². The van der Waals surface area contributed by atoms with Gasteiger partial charge in [0.05, 0.1) is 19.8 Å². The Kier molecular flexibility index (Phi) is 4.57. The van der Waals surface area contributed by atoms with Crippen LogP contribution in [0.5, 0.6) is 0 Å². The molecule has 0 aromatic heterocycles. The number of morpholine rings is 1. The van der Waals surface area contributed by atoms with Crippen molar-refractivity contribution in [3.63, 3.8) is 0 Å². The molecular formula is C15H17N2O5P. The van der Waals surface area contributed by atoms with Crippen LogP contribution in [-0.2, 0) is 13.8 Å². The summed E-state index contributed by atoms with van der Waals surface area (Å²) in [7, 11) is -3.52. The third-order valence-corrected chi connectivity index (χ3v) is 5.51. The second-order valence-corrected chi connectivity index (χ2v) is 7.26. The lowest BCUT2D eigenvalue weighted by molar-refractivity contribution is 0.0650. The molecule has 1 saturated heterocycles. The molecule has 2 N–H and O–H groups in total. The van der Waals surface area contributed by atoms with Gasteiger partial charge in [0.25, 0.3) is 0 Å². The predicted octanol–water partition coefficient (Wildman–Crippen LogP) is 1.41. The fraction of sp³-hybridized carbons (Fsp3) is 0.333. The lowest BCUT2D eigenvalue weighted by Gasteiger charge is -2.31. The molecule has 1 aliphatic heterocycles. The quantitative estimate of drug-likeness (QED) is 0.830. The van der Waals surface area contributed by atoms with Crippen LogP contribution in [0.2, 0.25) is 0 Å². The van der Waals surface area contributed by atoms with Crippen molar-refractivity contribution in [2.24, 2.45) is 5.50 Å². The van der Waals surface area contributed by atoms with Crippen LogP contribution < -0.4 is 5.50 Å². The van der Waals surface area contributed by atoms with Crippen molar-refractivity contribution in [1.82, 2.24) is 4.67 Å². The van der Waals surface area contributed by atoms with Gasteiger partial charge in [-0.2, -0.15) is 0 Å². The number of rotatable bonds is 4. The van der Waals surface area contributed by atoms with Gasteiger partial charge in [-0.25, -0.2) is 10.2 Å². The molecular weight excluding hydrogens is 319 g/mol. The van der Waals surface area contributed by atoms with E-state index in [1.54, 1.807) is 24.3 Å². The minimum atomic E-state index is -3.52. The molecule has 0 spiro atoms. The fourth-order valence-electron chi connectivity index (χ4n) is 2.55. The summed E-state index contributed by atoms with van der Waals surface area (Å²) in [6, 6.07) is 6.58. The van der Waals surface area contributed by atoms with Gasteiger partial charge in [0.1, 0.15) is 0 Å². The Morgan fingerprint density at radius 1 is 1.17 bits per heavy atom. The van der Waals surface area contributed by atoms with Gasteiger partial charge < -0.3 is 9.26 Å². The Morgan fingerprint density at radius 3 is 2.52 bits per heavy atom. The zero-order chi connectivity index (χ0) is 16.4. The second-order valence-electron chi connectivity index (χ2n) is 5.31. The van der Waals surface area contributed by atoms with E-state index in [2.05, 4.69) is 0 Å². The van der Waals surface area contributed by atoms with E-state index in [0.29, 0.717) is 37.4 Å². The van der Waals surface area contributed by atoms with Crippen molar-refractivity contribution in [2.45, 2.75) is 0 Å². The number of Topliss-reactive ketones (excluding diaryl/α,β-unsaturated/α-hetero) is 1. The number of hydrogen-bond donors (Lipinski definition) is 1. The molecule has 1 aromatic carbocycles. The van der Waals surface area contributed by atoms with Crippen molar-refractivity contribution in [1.29, 1.82) is 0 Å². The van der Waals surface area contributed by atoms with Gasteiger partial charge in [0.15, 0.2) is 11.6 Å². The number of ketones is 2. The van der Waals surface area contributed by atoms with Crippen LogP contribution >= 0.6 is 7.67 Å². The lowest BCUT2D eigenvalue weighted by Crippen LogP contribution is -2.37. The summed E-state index contributed by atoms with van der Waals surface area (Å²) in [5.41, 5.74) is 6.62. The molecule has 3 rings (SSSR count). The molecule has 0 radical (unpaired) electrons. The highest BCUT2D eigenvalue weighted by molar-refractivity contribution is 7.53. The average molecular weight is 336 g/mol. The Labute approximate surface area is 133 Å². The fourth-order valence-corrected chi connectivity index (χ4v) is 3.76. The van der Waals surface area contributed by atoms with Gasteiger partial charge in [-0.05, 0) is 6.08 Å². The first-order chi connectivity index (χ1) is 11.0. The van der Waals surface area contributed by atoms with Crippen LogP contribution in [-0.4, -0.2) is 49.1 Å². The molecule has 0 bridgehead atoms. The first kappa shape index (κ1) is 16.2. The number of fused-ring (bicyclic) bond motifs is 1. The highest BCUT2D eigenvalue weighted by atomic mass is 31.2. The maximum Gasteiger partial charge on any atom is 0.341 e. The van der Waals surface area contributed by atoms with Crippen LogP contribution in [0.4, 0.5) is 0 Å². The van der Waals surface area contributed by atoms with E-state index in [9.17, 15) is 14.2 Å². The third kappa shape index (κ3) is 3.34. The highest BCUT2D eigenvalue weighted by Gasteiger charge is 2.31. The van der Waals surface area contributed by atoms with E-state index >= 15 is 0 Å². The lowest BCUT2D eigenvalue weighted by atomic mass is 9.90. The number of carbonyl (C=O) groups excluding carboxylic acids is 2. The summed E-state index contributed by atoms with van der Waals surface area (Å²) >= 11 is 0. The van der Waals surface area contributed by atoms with Gasteiger partial charge in [0, 0.05) is 29.8 Å². The van der Waals surface area contributed by atoms with Crippen molar-refractivity contribution < 1.29 is 23.4 Å². The standard InChI is InChI=1S/C15H17N2O5P/c16-23(20,17-5-7-21-8-6-17)22-10-11-9-14(18)12-3-1-2-4-13(12)15(11)19/h1-4,9H,5-8,10H2,(H2,16,20). The molecule has 1 unspecified atom stereocenters. The minimum Gasteiger partial charge on any atom is -0.379 e. The number of allylic oxidation sites excluding steroid dienone is 1. The minimum absolute atomic E-state index is 0.160. The molecule has 0 amide bonds. The molecule has 2 aliphatic rings. The van der Waals surface area contributed by atoms with Crippen LogP contribution in [0.3, 0.4) is 0 Å². The summed E-state index contributed by atoms with van der Waals surface area (Å²) in [6.45, 7) is 1.41. The molecule has 1 heterocycles. The average Bonchev–Trinajstić information content (AvgIpc) is 2.58. The molecule has 1 aromatic rings. The normalized spacial score (nSPS) is 21.5. The maximum atomic E-state index is 12.4. The molecule has 1 aliphatic carbocycles. The van der Waals surface area contributed by atoms with Crippen molar-refractivity contribution in [2.75, 3.05) is 32.9 Å². The first-order valence-corrected chi connectivity index (χ1v) is 8.89. The van der Waals surface area contributed by atoms with Gasteiger partial charge in [0.2, 0.25) is 0 Å². The SMILES string of the molecule is NP(=O)(OCC1=CC(=O)c2ccccc2C1=O)N1CCOCC1. The molecule has 122 valence electrons. The zero-order valence-electron chi connectivity index (χ0n) is 12.4. The Balaban J connectivity index is 1.72. The molecule has 23 heavy (non-hydrogen) atoms. The number of benzene rings is 1.